The lowest BCUT2D eigenvalue weighted by atomic mass is 10.2. The molecule has 150 valence electrons. The van der Waals surface area contributed by atoms with E-state index < -0.39 is 10.0 Å². The van der Waals surface area contributed by atoms with Gasteiger partial charge in [-0.2, -0.15) is 9.40 Å². The van der Waals surface area contributed by atoms with E-state index in [9.17, 15) is 12.8 Å². The van der Waals surface area contributed by atoms with E-state index in [2.05, 4.69) is 10.3 Å². The Hall–Kier alpha value is -2.52. The summed E-state index contributed by atoms with van der Waals surface area (Å²) in [5.41, 5.74) is 2.55. The van der Waals surface area contributed by atoms with E-state index in [1.165, 1.54) is 16.4 Å². The molecule has 0 saturated heterocycles. The molecule has 2 aromatic heterocycles. The molecule has 28 heavy (non-hydrogen) atoms. The van der Waals surface area contributed by atoms with E-state index in [1.54, 1.807) is 30.7 Å². The zero-order chi connectivity index (χ0) is 20.5. The van der Waals surface area contributed by atoms with Crippen molar-refractivity contribution < 1.29 is 17.3 Å². The highest BCUT2D eigenvalue weighted by atomic mass is 32.2. The Morgan fingerprint density at radius 2 is 1.79 bits per heavy atom. The quantitative estimate of drug-likeness (QED) is 0.601. The molecule has 0 radical (unpaired) electrons. The number of rotatable bonds is 7. The summed E-state index contributed by atoms with van der Waals surface area (Å²) in [6.45, 7) is 7.89. The van der Waals surface area contributed by atoms with Crippen LogP contribution in [0.5, 0.6) is 0 Å². The van der Waals surface area contributed by atoms with Gasteiger partial charge in [-0.05, 0) is 45.4 Å². The standard InChI is InChI=1S/C19H23FN4O3S/c1-5-23-11-17(13(2)21-23)12-24(10-16-6-8-18(20)9-7-16)28(25,26)19-14(3)22-27-15(19)4/h6-9,11H,5,10,12H2,1-4H3. The molecule has 0 saturated carbocycles. The van der Waals surface area contributed by atoms with E-state index >= 15 is 0 Å². The molecule has 2 heterocycles. The summed E-state index contributed by atoms with van der Waals surface area (Å²) < 4.78 is 48.3. The van der Waals surface area contributed by atoms with Gasteiger partial charge in [-0.15, -0.1) is 0 Å². The van der Waals surface area contributed by atoms with Crippen LogP contribution in [0.25, 0.3) is 0 Å². The third-order valence-corrected chi connectivity index (χ3v) is 6.59. The van der Waals surface area contributed by atoms with Crippen LogP contribution in [0.2, 0.25) is 0 Å². The predicted octanol–water partition coefficient (Wildman–Crippen LogP) is 3.35. The minimum Gasteiger partial charge on any atom is -0.360 e. The minimum atomic E-state index is -3.89. The van der Waals surface area contributed by atoms with Crippen LogP contribution in [0.15, 0.2) is 39.9 Å². The van der Waals surface area contributed by atoms with Crippen LogP contribution in [0.1, 0.15) is 35.2 Å². The molecule has 0 amide bonds. The van der Waals surface area contributed by atoms with Gasteiger partial charge < -0.3 is 4.52 Å². The second kappa shape index (κ2) is 7.84. The molecular formula is C19H23FN4O3S. The zero-order valence-corrected chi connectivity index (χ0v) is 17.1. The van der Waals surface area contributed by atoms with E-state index in [1.807, 2.05) is 20.0 Å². The van der Waals surface area contributed by atoms with Crippen LogP contribution in [0, 0.1) is 26.6 Å². The van der Waals surface area contributed by atoms with Gasteiger partial charge in [-0.1, -0.05) is 17.3 Å². The summed E-state index contributed by atoms with van der Waals surface area (Å²) >= 11 is 0. The van der Waals surface area contributed by atoms with E-state index in [0.717, 1.165) is 11.3 Å². The highest BCUT2D eigenvalue weighted by Gasteiger charge is 2.32. The molecule has 3 aromatic rings. The third kappa shape index (κ3) is 4.00. The van der Waals surface area contributed by atoms with Crippen molar-refractivity contribution in [2.24, 2.45) is 0 Å². The van der Waals surface area contributed by atoms with Crippen LogP contribution in [0.4, 0.5) is 4.39 Å². The monoisotopic (exact) mass is 406 g/mol. The predicted molar refractivity (Wildman–Crippen MR) is 101 cm³/mol. The summed E-state index contributed by atoms with van der Waals surface area (Å²) in [5, 5.41) is 8.17. The van der Waals surface area contributed by atoms with Crippen molar-refractivity contribution in [3.8, 4) is 0 Å². The van der Waals surface area contributed by atoms with Gasteiger partial charge in [0.2, 0.25) is 10.0 Å². The van der Waals surface area contributed by atoms with Crippen LogP contribution < -0.4 is 0 Å². The van der Waals surface area contributed by atoms with Crippen molar-refractivity contribution in [3.63, 3.8) is 0 Å². The highest BCUT2D eigenvalue weighted by molar-refractivity contribution is 7.89. The Morgan fingerprint density at radius 1 is 1.11 bits per heavy atom. The lowest BCUT2D eigenvalue weighted by Gasteiger charge is -2.22. The fourth-order valence-corrected chi connectivity index (χ4v) is 4.75. The molecule has 0 fully saturated rings. The van der Waals surface area contributed by atoms with E-state index in [4.69, 9.17) is 4.52 Å². The Balaban J connectivity index is 2.02. The number of aryl methyl sites for hydroxylation is 4. The SMILES string of the molecule is CCn1cc(CN(Cc2ccc(F)cc2)S(=O)(=O)c2c(C)noc2C)c(C)n1. The molecule has 0 aliphatic carbocycles. The van der Waals surface area contributed by atoms with Crippen molar-refractivity contribution in [1.82, 2.24) is 19.2 Å². The Labute approximate surface area is 163 Å². The Kier molecular flexibility index (Phi) is 5.66. The maximum atomic E-state index is 13.4. The highest BCUT2D eigenvalue weighted by Crippen LogP contribution is 2.27. The van der Waals surface area contributed by atoms with Gasteiger partial charge in [0.05, 0.1) is 5.69 Å². The molecule has 7 nitrogen and oxygen atoms in total. The first-order valence-corrected chi connectivity index (χ1v) is 10.4. The maximum Gasteiger partial charge on any atom is 0.249 e. The fourth-order valence-electron chi connectivity index (χ4n) is 3.06. The van der Waals surface area contributed by atoms with Crippen LogP contribution in [-0.2, 0) is 29.7 Å². The van der Waals surface area contributed by atoms with Crippen LogP contribution >= 0.6 is 0 Å². The van der Waals surface area contributed by atoms with Gasteiger partial charge in [-0.25, -0.2) is 12.8 Å². The molecule has 0 aliphatic heterocycles. The van der Waals surface area contributed by atoms with E-state index in [0.29, 0.717) is 17.8 Å². The van der Waals surface area contributed by atoms with Crippen LogP contribution in [-0.4, -0.2) is 27.7 Å². The van der Waals surface area contributed by atoms with Crippen molar-refractivity contribution >= 4 is 10.0 Å². The number of benzene rings is 1. The number of halogens is 1. The first kappa shape index (κ1) is 20.2. The van der Waals surface area contributed by atoms with Crippen molar-refractivity contribution in [1.29, 1.82) is 0 Å². The molecule has 0 atom stereocenters. The topological polar surface area (TPSA) is 81.2 Å². The average molecular weight is 406 g/mol. The maximum absolute atomic E-state index is 13.4. The Morgan fingerprint density at radius 3 is 2.32 bits per heavy atom. The summed E-state index contributed by atoms with van der Waals surface area (Å²) in [6, 6.07) is 5.79. The second-order valence-corrected chi connectivity index (χ2v) is 8.52. The lowest BCUT2D eigenvalue weighted by Crippen LogP contribution is -2.31. The number of nitrogens with zero attached hydrogens (tertiary/aromatic N) is 4. The summed E-state index contributed by atoms with van der Waals surface area (Å²) in [6.07, 6.45) is 1.84. The molecule has 1 aromatic carbocycles. The second-order valence-electron chi connectivity index (χ2n) is 6.65. The van der Waals surface area contributed by atoms with Gasteiger partial charge >= 0.3 is 0 Å². The minimum absolute atomic E-state index is 0.0650. The van der Waals surface area contributed by atoms with Crippen molar-refractivity contribution in [2.75, 3.05) is 0 Å². The van der Waals surface area contributed by atoms with Gasteiger partial charge in [-0.3, -0.25) is 4.68 Å². The summed E-state index contributed by atoms with van der Waals surface area (Å²) in [4.78, 5) is 0.0650. The van der Waals surface area contributed by atoms with Gasteiger partial charge in [0.15, 0.2) is 5.76 Å². The molecule has 9 heteroatoms. The van der Waals surface area contributed by atoms with Gasteiger partial charge in [0, 0.05) is 31.4 Å². The van der Waals surface area contributed by atoms with Crippen molar-refractivity contribution in [3.05, 3.63) is 64.6 Å². The first-order chi connectivity index (χ1) is 13.2. The molecule has 0 spiro atoms. The van der Waals surface area contributed by atoms with Crippen LogP contribution in [0.3, 0.4) is 0 Å². The molecule has 3 rings (SSSR count). The zero-order valence-electron chi connectivity index (χ0n) is 16.3. The van der Waals surface area contributed by atoms with Gasteiger partial charge in [0.1, 0.15) is 16.4 Å². The molecule has 0 bridgehead atoms. The summed E-state index contributed by atoms with van der Waals surface area (Å²) in [7, 11) is -3.89. The molecular weight excluding hydrogens is 383 g/mol. The van der Waals surface area contributed by atoms with Crippen molar-refractivity contribution in [2.45, 2.75) is 52.2 Å². The number of hydrogen-bond donors (Lipinski definition) is 0. The first-order valence-electron chi connectivity index (χ1n) is 8.92. The lowest BCUT2D eigenvalue weighted by molar-refractivity contribution is 0.385. The number of aromatic nitrogens is 3. The largest absolute Gasteiger partial charge is 0.360 e. The number of sulfonamides is 1. The van der Waals surface area contributed by atoms with E-state index in [-0.39, 0.29) is 29.6 Å². The molecule has 0 N–H and O–H groups in total. The normalized spacial score (nSPS) is 12.1. The third-order valence-electron chi connectivity index (χ3n) is 4.56. The van der Waals surface area contributed by atoms with Gasteiger partial charge in [0.25, 0.3) is 0 Å². The average Bonchev–Trinajstić information content (AvgIpc) is 3.18. The summed E-state index contributed by atoms with van der Waals surface area (Å²) in [5.74, 6) is -0.133. The molecule has 0 aliphatic rings. The smallest absolute Gasteiger partial charge is 0.249 e. The fraction of sp³-hybridized carbons (Fsp3) is 0.368. The Bertz CT molecular complexity index is 1050. The number of hydrogen-bond acceptors (Lipinski definition) is 5. The molecule has 0 unspecified atom stereocenters.